The third-order valence-corrected chi connectivity index (χ3v) is 2.55. The average molecular weight is 255 g/mol. The quantitative estimate of drug-likeness (QED) is 0.788. The molecule has 4 heteroatoms. The largest absolute Gasteiger partial charge is 0.383 e. The molecule has 0 unspecified atom stereocenters. The lowest BCUT2D eigenvalue weighted by molar-refractivity contribution is 0.168. The Morgan fingerprint density at radius 1 is 1.33 bits per heavy atom. The molecule has 1 rings (SSSR count). The smallest absolute Gasteiger partial charge is 0.159 e. The maximum Gasteiger partial charge on any atom is 0.159 e. The van der Waals surface area contributed by atoms with Crippen molar-refractivity contribution in [3.8, 4) is 0 Å². The lowest BCUT2D eigenvalue weighted by Crippen LogP contribution is -2.25. The second-order valence-electron chi connectivity index (χ2n) is 4.37. The van der Waals surface area contributed by atoms with Crippen LogP contribution in [0.1, 0.15) is 25.5 Å². The monoisotopic (exact) mass is 255 g/mol. The molecule has 0 aromatic heterocycles. The van der Waals surface area contributed by atoms with Gasteiger partial charge in [0.25, 0.3) is 0 Å². The van der Waals surface area contributed by atoms with Crippen molar-refractivity contribution in [2.75, 3.05) is 20.3 Å². The fourth-order valence-electron chi connectivity index (χ4n) is 1.57. The molecule has 0 saturated carbocycles. The van der Waals surface area contributed by atoms with Crippen molar-refractivity contribution in [1.82, 2.24) is 5.32 Å². The molecule has 0 amide bonds. The van der Waals surface area contributed by atoms with Crippen LogP contribution in [0.4, 0.5) is 8.78 Å². The van der Waals surface area contributed by atoms with Crippen molar-refractivity contribution in [1.29, 1.82) is 0 Å². The molecule has 0 fully saturated rings. The molecule has 1 aromatic carbocycles. The van der Waals surface area contributed by atoms with E-state index in [1.54, 1.807) is 13.2 Å². The first-order valence-electron chi connectivity index (χ1n) is 5.85. The molecule has 0 heterocycles. The van der Waals surface area contributed by atoms with Gasteiger partial charge in [0.05, 0.1) is 12.6 Å². The molecular weight excluding hydrogens is 236 g/mol. The first-order valence-corrected chi connectivity index (χ1v) is 5.85. The van der Waals surface area contributed by atoms with Crippen LogP contribution in [-0.2, 0) is 4.74 Å². The molecule has 0 spiro atoms. The van der Waals surface area contributed by atoms with Crippen LogP contribution in [-0.4, -0.2) is 20.3 Å². The van der Waals surface area contributed by atoms with Crippen LogP contribution in [0.5, 0.6) is 0 Å². The zero-order valence-corrected chi connectivity index (χ0v) is 11.0. The summed E-state index contributed by atoms with van der Waals surface area (Å²) in [5.74, 6) is -1.67. The summed E-state index contributed by atoms with van der Waals surface area (Å²) in [7, 11) is 1.58. The van der Waals surface area contributed by atoms with E-state index < -0.39 is 11.6 Å². The topological polar surface area (TPSA) is 21.3 Å². The maximum absolute atomic E-state index is 13.2. The molecule has 1 N–H and O–H groups in total. The zero-order chi connectivity index (χ0) is 13.5. The van der Waals surface area contributed by atoms with E-state index >= 15 is 0 Å². The van der Waals surface area contributed by atoms with E-state index in [2.05, 4.69) is 5.32 Å². The molecule has 0 aliphatic carbocycles. The molecule has 1 atom stereocenters. The van der Waals surface area contributed by atoms with Crippen molar-refractivity contribution in [3.05, 3.63) is 47.0 Å². The van der Waals surface area contributed by atoms with Gasteiger partial charge < -0.3 is 10.1 Å². The molecule has 100 valence electrons. The summed E-state index contributed by atoms with van der Waals surface area (Å²) in [6.45, 7) is 5.08. The predicted molar refractivity (Wildman–Crippen MR) is 68.4 cm³/mol. The van der Waals surface area contributed by atoms with Gasteiger partial charge in [0.1, 0.15) is 0 Å². The van der Waals surface area contributed by atoms with Gasteiger partial charge in [0.15, 0.2) is 11.6 Å². The summed E-state index contributed by atoms with van der Waals surface area (Å²) in [5.41, 5.74) is 1.88. The molecule has 0 bridgehead atoms. The minimum absolute atomic E-state index is 0.152. The lowest BCUT2D eigenvalue weighted by Gasteiger charge is -2.17. The molecule has 0 aliphatic heterocycles. The molecular formula is C14H19F2NO. The summed E-state index contributed by atoms with van der Waals surface area (Å²) in [5, 5.41) is 3.22. The van der Waals surface area contributed by atoms with Gasteiger partial charge in [-0.05, 0) is 31.5 Å². The van der Waals surface area contributed by atoms with E-state index in [0.717, 1.165) is 6.07 Å². The van der Waals surface area contributed by atoms with E-state index in [1.807, 2.05) is 19.9 Å². The molecule has 0 radical (unpaired) electrons. The molecule has 0 saturated heterocycles. The Kier molecular flexibility index (Phi) is 5.95. The number of nitrogens with one attached hydrogen (secondary N) is 1. The van der Waals surface area contributed by atoms with E-state index in [1.165, 1.54) is 11.6 Å². The first kappa shape index (κ1) is 14.8. The van der Waals surface area contributed by atoms with E-state index in [9.17, 15) is 8.78 Å². The average Bonchev–Trinajstić information content (AvgIpc) is 2.31. The van der Waals surface area contributed by atoms with Gasteiger partial charge >= 0.3 is 0 Å². The summed E-state index contributed by atoms with van der Waals surface area (Å²) < 4.78 is 31.1. The third-order valence-electron chi connectivity index (χ3n) is 2.55. The fourth-order valence-corrected chi connectivity index (χ4v) is 1.57. The fraction of sp³-hybridized carbons (Fsp3) is 0.429. The minimum atomic E-state index is -0.836. The van der Waals surface area contributed by atoms with Crippen LogP contribution in [0.25, 0.3) is 0 Å². The molecule has 2 nitrogen and oxygen atoms in total. The third kappa shape index (κ3) is 4.55. The molecule has 1 aromatic rings. The highest BCUT2D eigenvalue weighted by Gasteiger charge is 2.12. The first-order chi connectivity index (χ1) is 8.54. The van der Waals surface area contributed by atoms with Crippen LogP contribution in [0.15, 0.2) is 29.8 Å². The van der Waals surface area contributed by atoms with Crippen LogP contribution in [0.3, 0.4) is 0 Å². The lowest BCUT2D eigenvalue weighted by atomic mass is 10.1. The Hall–Kier alpha value is -1.26. The number of allylic oxidation sites excluding steroid dienone is 1. The van der Waals surface area contributed by atoms with Crippen molar-refractivity contribution in [2.24, 2.45) is 0 Å². The number of hydrogen-bond donors (Lipinski definition) is 1. The highest BCUT2D eigenvalue weighted by atomic mass is 19.2. The zero-order valence-electron chi connectivity index (χ0n) is 11.0. The SMILES string of the molecule is COC[C@@H](NCC=C(C)C)c1ccc(F)c(F)c1. The van der Waals surface area contributed by atoms with Crippen LogP contribution < -0.4 is 5.32 Å². The van der Waals surface area contributed by atoms with Crippen molar-refractivity contribution >= 4 is 0 Å². The summed E-state index contributed by atoms with van der Waals surface area (Å²) >= 11 is 0. The van der Waals surface area contributed by atoms with E-state index in [0.29, 0.717) is 18.7 Å². The Morgan fingerprint density at radius 3 is 2.61 bits per heavy atom. The highest BCUT2D eigenvalue weighted by Crippen LogP contribution is 2.16. The van der Waals surface area contributed by atoms with Gasteiger partial charge in [-0.2, -0.15) is 0 Å². The van der Waals surface area contributed by atoms with Gasteiger partial charge in [0, 0.05) is 13.7 Å². The summed E-state index contributed by atoms with van der Waals surface area (Å²) in [6.07, 6.45) is 2.03. The maximum atomic E-state index is 13.2. The van der Waals surface area contributed by atoms with Gasteiger partial charge in [-0.3, -0.25) is 0 Å². The Labute approximate surface area is 107 Å². The molecule has 0 aliphatic rings. The highest BCUT2D eigenvalue weighted by molar-refractivity contribution is 5.21. The number of halogens is 2. The standard InChI is InChI=1S/C14H19F2NO/c1-10(2)6-7-17-14(9-18-3)11-4-5-12(15)13(16)8-11/h4-6,8,14,17H,7,9H2,1-3H3/t14-/m1/s1. The summed E-state index contributed by atoms with van der Waals surface area (Å²) in [4.78, 5) is 0. The Morgan fingerprint density at radius 2 is 2.06 bits per heavy atom. The van der Waals surface area contributed by atoms with E-state index in [-0.39, 0.29) is 6.04 Å². The number of hydrogen-bond acceptors (Lipinski definition) is 2. The Bertz CT molecular complexity index is 414. The Balaban J connectivity index is 2.76. The normalized spacial score (nSPS) is 12.3. The van der Waals surface area contributed by atoms with Gasteiger partial charge in [-0.25, -0.2) is 8.78 Å². The van der Waals surface area contributed by atoms with Crippen LogP contribution in [0.2, 0.25) is 0 Å². The number of benzene rings is 1. The van der Waals surface area contributed by atoms with Crippen LogP contribution >= 0.6 is 0 Å². The second-order valence-corrected chi connectivity index (χ2v) is 4.37. The number of rotatable bonds is 6. The molecule has 18 heavy (non-hydrogen) atoms. The number of methoxy groups -OCH3 is 1. The predicted octanol–water partition coefficient (Wildman–Crippen LogP) is 3.21. The van der Waals surface area contributed by atoms with Gasteiger partial charge in [-0.15, -0.1) is 0 Å². The summed E-state index contributed by atoms with van der Waals surface area (Å²) in [6, 6.07) is 3.75. The van der Waals surface area contributed by atoms with Crippen molar-refractivity contribution < 1.29 is 13.5 Å². The van der Waals surface area contributed by atoms with E-state index in [4.69, 9.17) is 4.74 Å². The van der Waals surface area contributed by atoms with Crippen LogP contribution in [0, 0.1) is 11.6 Å². The number of ether oxygens (including phenoxy) is 1. The van der Waals surface area contributed by atoms with Crippen molar-refractivity contribution in [2.45, 2.75) is 19.9 Å². The second kappa shape index (κ2) is 7.24. The van der Waals surface area contributed by atoms with Crippen molar-refractivity contribution in [3.63, 3.8) is 0 Å². The van der Waals surface area contributed by atoms with Gasteiger partial charge in [0.2, 0.25) is 0 Å². The minimum Gasteiger partial charge on any atom is -0.383 e. The van der Waals surface area contributed by atoms with Gasteiger partial charge in [-0.1, -0.05) is 17.7 Å².